The molecule has 2 amide bonds. The van der Waals surface area contributed by atoms with E-state index in [2.05, 4.69) is 0 Å². The second-order valence-corrected chi connectivity index (χ2v) is 6.15. The molecule has 1 aliphatic rings. The standard InChI is InChI=1S/C19H21FN2O4/c1-25-17-4-2-14(12-16(17)20)3-5-18(23)21-7-9-22(10-8-21)19(24)15-6-11-26-13-15/h2,4,6,11-13H,3,5,7-10H2,1H3. The van der Waals surface area contributed by atoms with Crippen molar-refractivity contribution < 1.29 is 23.1 Å². The molecule has 0 N–H and O–H groups in total. The van der Waals surface area contributed by atoms with Gasteiger partial charge in [-0.25, -0.2) is 4.39 Å². The van der Waals surface area contributed by atoms with Gasteiger partial charge in [0.15, 0.2) is 11.6 Å². The number of aryl methyl sites for hydroxylation is 1. The highest BCUT2D eigenvalue weighted by atomic mass is 19.1. The average Bonchev–Trinajstić information content (AvgIpc) is 3.20. The van der Waals surface area contributed by atoms with Crippen LogP contribution in [0.3, 0.4) is 0 Å². The van der Waals surface area contributed by atoms with E-state index in [-0.39, 0.29) is 17.6 Å². The Kier molecular flexibility index (Phi) is 5.55. The zero-order chi connectivity index (χ0) is 18.5. The van der Waals surface area contributed by atoms with Crippen LogP contribution in [-0.2, 0) is 11.2 Å². The Labute approximate surface area is 151 Å². The molecular formula is C19H21FN2O4. The fraction of sp³-hybridized carbons (Fsp3) is 0.368. The maximum absolute atomic E-state index is 13.7. The first kappa shape index (κ1) is 18.0. The summed E-state index contributed by atoms with van der Waals surface area (Å²) in [6.07, 6.45) is 3.66. The van der Waals surface area contributed by atoms with E-state index in [0.717, 1.165) is 5.56 Å². The Balaban J connectivity index is 1.48. The summed E-state index contributed by atoms with van der Waals surface area (Å²) in [7, 11) is 1.42. The lowest BCUT2D eigenvalue weighted by atomic mass is 10.1. The number of carbonyl (C=O) groups excluding carboxylic acids is 2. The third-order valence-corrected chi connectivity index (χ3v) is 4.53. The molecule has 0 aliphatic carbocycles. The molecule has 0 radical (unpaired) electrons. The number of hydrogen-bond donors (Lipinski definition) is 0. The van der Waals surface area contributed by atoms with Crippen LogP contribution in [0.4, 0.5) is 4.39 Å². The van der Waals surface area contributed by atoms with E-state index in [1.165, 1.54) is 25.7 Å². The molecule has 7 heteroatoms. The molecule has 0 bridgehead atoms. The summed E-state index contributed by atoms with van der Waals surface area (Å²) in [4.78, 5) is 28.1. The van der Waals surface area contributed by atoms with Gasteiger partial charge in [0.2, 0.25) is 5.91 Å². The van der Waals surface area contributed by atoms with Gasteiger partial charge in [-0.15, -0.1) is 0 Å². The summed E-state index contributed by atoms with van der Waals surface area (Å²) in [5, 5.41) is 0. The summed E-state index contributed by atoms with van der Waals surface area (Å²) >= 11 is 0. The lowest BCUT2D eigenvalue weighted by molar-refractivity contribution is -0.132. The lowest BCUT2D eigenvalue weighted by Crippen LogP contribution is -2.50. The average molecular weight is 360 g/mol. The zero-order valence-corrected chi connectivity index (χ0v) is 14.6. The fourth-order valence-electron chi connectivity index (χ4n) is 3.00. The predicted molar refractivity (Wildman–Crippen MR) is 92.5 cm³/mol. The predicted octanol–water partition coefficient (Wildman–Crippen LogP) is 2.34. The van der Waals surface area contributed by atoms with E-state index < -0.39 is 5.82 Å². The minimum absolute atomic E-state index is 0.0108. The molecule has 3 rings (SSSR count). The smallest absolute Gasteiger partial charge is 0.257 e. The summed E-state index contributed by atoms with van der Waals surface area (Å²) < 4.78 is 23.5. The van der Waals surface area contributed by atoms with Crippen molar-refractivity contribution in [2.75, 3.05) is 33.3 Å². The van der Waals surface area contributed by atoms with Crippen LogP contribution in [-0.4, -0.2) is 54.9 Å². The summed E-state index contributed by atoms with van der Waals surface area (Å²) in [6, 6.07) is 6.35. The van der Waals surface area contributed by atoms with Crippen molar-refractivity contribution in [3.05, 3.63) is 53.7 Å². The van der Waals surface area contributed by atoms with Crippen molar-refractivity contribution in [2.45, 2.75) is 12.8 Å². The maximum atomic E-state index is 13.7. The lowest BCUT2D eigenvalue weighted by Gasteiger charge is -2.34. The molecule has 0 unspecified atom stereocenters. The van der Waals surface area contributed by atoms with Crippen LogP contribution < -0.4 is 4.74 Å². The monoisotopic (exact) mass is 360 g/mol. The number of carbonyl (C=O) groups is 2. The van der Waals surface area contributed by atoms with Crippen molar-refractivity contribution >= 4 is 11.8 Å². The Hall–Kier alpha value is -2.83. The van der Waals surface area contributed by atoms with Crippen molar-refractivity contribution in [1.29, 1.82) is 0 Å². The van der Waals surface area contributed by atoms with E-state index in [1.807, 2.05) is 0 Å². The molecule has 1 aromatic heterocycles. The molecule has 1 aliphatic heterocycles. The molecule has 138 valence electrons. The highest BCUT2D eigenvalue weighted by Gasteiger charge is 2.25. The van der Waals surface area contributed by atoms with Gasteiger partial charge in [0, 0.05) is 32.6 Å². The van der Waals surface area contributed by atoms with E-state index in [1.54, 1.807) is 28.0 Å². The largest absolute Gasteiger partial charge is 0.494 e. The minimum Gasteiger partial charge on any atom is -0.494 e. The molecule has 0 atom stereocenters. The number of benzene rings is 1. The molecule has 26 heavy (non-hydrogen) atoms. The Bertz CT molecular complexity index is 768. The maximum Gasteiger partial charge on any atom is 0.257 e. The number of methoxy groups -OCH3 is 1. The Morgan fingerprint density at radius 2 is 1.88 bits per heavy atom. The van der Waals surface area contributed by atoms with Gasteiger partial charge in [0.1, 0.15) is 6.26 Å². The van der Waals surface area contributed by atoms with Crippen molar-refractivity contribution in [2.24, 2.45) is 0 Å². The normalized spacial score (nSPS) is 14.4. The molecule has 0 spiro atoms. The molecule has 0 saturated carbocycles. The van der Waals surface area contributed by atoms with Crippen molar-refractivity contribution in [1.82, 2.24) is 9.80 Å². The highest BCUT2D eigenvalue weighted by Crippen LogP contribution is 2.19. The summed E-state index contributed by atoms with van der Waals surface area (Å²) in [5.74, 6) is -0.307. The van der Waals surface area contributed by atoms with Gasteiger partial charge in [-0.05, 0) is 30.2 Å². The van der Waals surface area contributed by atoms with Crippen LogP contribution in [0.1, 0.15) is 22.3 Å². The van der Waals surface area contributed by atoms with E-state index in [0.29, 0.717) is 44.6 Å². The molecule has 2 aromatic rings. The number of hydrogen-bond acceptors (Lipinski definition) is 4. The van der Waals surface area contributed by atoms with Gasteiger partial charge in [-0.3, -0.25) is 9.59 Å². The van der Waals surface area contributed by atoms with Crippen LogP contribution in [0.2, 0.25) is 0 Å². The van der Waals surface area contributed by atoms with E-state index >= 15 is 0 Å². The van der Waals surface area contributed by atoms with Gasteiger partial charge in [0.25, 0.3) is 5.91 Å². The third-order valence-electron chi connectivity index (χ3n) is 4.53. The number of nitrogens with zero attached hydrogens (tertiary/aromatic N) is 2. The van der Waals surface area contributed by atoms with Gasteiger partial charge in [0.05, 0.1) is 18.9 Å². The third kappa shape index (κ3) is 4.04. The number of piperazine rings is 1. The number of ether oxygens (including phenoxy) is 1. The number of rotatable bonds is 5. The first-order valence-electron chi connectivity index (χ1n) is 8.50. The minimum atomic E-state index is -0.427. The van der Waals surface area contributed by atoms with Gasteiger partial charge >= 0.3 is 0 Å². The van der Waals surface area contributed by atoms with Crippen LogP contribution >= 0.6 is 0 Å². The molecule has 6 nitrogen and oxygen atoms in total. The van der Waals surface area contributed by atoms with Crippen molar-refractivity contribution in [3.8, 4) is 5.75 Å². The molecule has 2 heterocycles. The van der Waals surface area contributed by atoms with Crippen LogP contribution in [0.15, 0.2) is 41.2 Å². The molecular weight excluding hydrogens is 339 g/mol. The molecule has 1 aromatic carbocycles. The quantitative estimate of drug-likeness (QED) is 0.821. The summed E-state index contributed by atoms with van der Waals surface area (Å²) in [5.41, 5.74) is 1.27. The second kappa shape index (κ2) is 8.03. The SMILES string of the molecule is COc1ccc(CCC(=O)N2CCN(C(=O)c3ccoc3)CC2)cc1F. The van der Waals surface area contributed by atoms with Gasteiger partial charge < -0.3 is 19.0 Å². The number of amides is 2. The molecule has 1 saturated heterocycles. The van der Waals surface area contributed by atoms with E-state index in [4.69, 9.17) is 9.15 Å². The fourth-order valence-corrected chi connectivity index (χ4v) is 3.00. The first-order chi connectivity index (χ1) is 12.6. The van der Waals surface area contributed by atoms with Crippen molar-refractivity contribution in [3.63, 3.8) is 0 Å². The van der Waals surface area contributed by atoms with Crippen LogP contribution in [0, 0.1) is 5.82 Å². The van der Waals surface area contributed by atoms with E-state index in [9.17, 15) is 14.0 Å². The van der Waals surface area contributed by atoms with Crippen LogP contribution in [0.25, 0.3) is 0 Å². The molecule has 1 fully saturated rings. The number of furan rings is 1. The Morgan fingerprint density at radius 3 is 2.50 bits per heavy atom. The first-order valence-corrected chi connectivity index (χ1v) is 8.50. The Morgan fingerprint density at radius 1 is 1.15 bits per heavy atom. The summed E-state index contributed by atoms with van der Waals surface area (Å²) in [6.45, 7) is 1.98. The van der Waals surface area contributed by atoms with Gasteiger partial charge in [-0.1, -0.05) is 6.07 Å². The van der Waals surface area contributed by atoms with Crippen LogP contribution in [0.5, 0.6) is 5.75 Å². The zero-order valence-electron chi connectivity index (χ0n) is 14.6. The number of halogens is 1. The topological polar surface area (TPSA) is 63.0 Å². The second-order valence-electron chi connectivity index (χ2n) is 6.15. The van der Waals surface area contributed by atoms with Gasteiger partial charge in [-0.2, -0.15) is 0 Å². The highest BCUT2D eigenvalue weighted by molar-refractivity contribution is 5.94.